The summed E-state index contributed by atoms with van der Waals surface area (Å²) >= 11 is 0. The number of hydrogen-bond acceptors (Lipinski definition) is 2. The number of pyridine rings is 1. The lowest BCUT2D eigenvalue weighted by molar-refractivity contribution is 0.684. The lowest BCUT2D eigenvalue weighted by Gasteiger charge is -2.20. The fraction of sp³-hybridized carbons (Fsp3) is 0.353. The molecule has 2 heteroatoms. The van der Waals surface area contributed by atoms with Crippen LogP contribution in [0.15, 0.2) is 30.3 Å². The minimum Gasteiger partial charge on any atom is -0.309 e. The maximum absolute atomic E-state index is 4.45. The summed E-state index contributed by atoms with van der Waals surface area (Å²) < 4.78 is 0. The summed E-state index contributed by atoms with van der Waals surface area (Å²) in [6.07, 6.45) is 0. The van der Waals surface area contributed by atoms with Crippen LogP contribution in [-0.4, -0.2) is 12.0 Å². The molecular weight excluding hydrogens is 232 g/mol. The summed E-state index contributed by atoms with van der Waals surface area (Å²) in [5, 5.41) is 3.42. The topological polar surface area (TPSA) is 24.9 Å². The zero-order valence-corrected chi connectivity index (χ0v) is 12.4. The Morgan fingerprint density at radius 3 is 2.11 bits per heavy atom. The molecule has 0 radical (unpaired) electrons. The minimum absolute atomic E-state index is 0.223. The van der Waals surface area contributed by atoms with Crippen LogP contribution in [-0.2, 0) is 0 Å². The normalized spacial score (nSPS) is 12.5. The second-order valence-electron chi connectivity index (χ2n) is 5.26. The summed E-state index contributed by atoms with van der Waals surface area (Å²) in [5.74, 6) is 0. The van der Waals surface area contributed by atoms with Crippen LogP contribution >= 0.6 is 0 Å². The lowest BCUT2D eigenvalue weighted by Crippen LogP contribution is -2.19. The van der Waals surface area contributed by atoms with E-state index in [1.165, 1.54) is 22.3 Å². The Hall–Kier alpha value is -1.67. The first-order valence-electron chi connectivity index (χ1n) is 6.71. The van der Waals surface area contributed by atoms with Gasteiger partial charge in [-0.1, -0.05) is 23.8 Å². The molecule has 1 aromatic heterocycles. The molecule has 1 heterocycles. The number of nitrogens with one attached hydrogen (secondary N) is 1. The Morgan fingerprint density at radius 2 is 1.58 bits per heavy atom. The third kappa shape index (κ3) is 3.02. The van der Waals surface area contributed by atoms with E-state index in [4.69, 9.17) is 0 Å². The van der Waals surface area contributed by atoms with Crippen molar-refractivity contribution in [2.45, 2.75) is 33.7 Å². The molecule has 2 rings (SSSR count). The van der Waals surface area contributed by atoms with Crippen LogP contribution in [0.3, 0.4) is 0 Å². The zero-order chi connectivity index (χ0) is 14.0. The minimum atomic E-state index is 0.223. The monoisotopic (exact) mass is 254 g/mol. The Labute approximate surface area is 115 Å². The van der Waals surface area contributed by atoms with Gasteiger partial charge in [0.15, 0.2) is 0 Å². The van der Waals surface area contributed by atoms with E-state index in [1.54, 1.807) is 0 Å². The molecule has 0 aliphatic rings. The van der Waals surface area contributed by atoms with Crippen LogP contribution in [0, 0.1) is 27.7 Å². The summed E-state index contributed by atoms with van der Waals surface area (Å²) in [5.41, 5.74) is 7.38. The van der Waals surface area contributed by atoms with Crippen molar-refractivity contribution in [1.29, 1.82) is 0 Å². The van der Waals surface area contributed by atoms with E-state index in [0.717, 1.165) is 11.4 Å². The van der Waals surface area contributed by atoms with E-state index in [1.807, 2.05) is 20.9 Å². The molecule has 0 saturated carbocycles. The highest BCUT2D eigenvalue weighted by Crippen LogP contribution is 2.26. The Bertz CT molecular complexity index is 568. The number of aromatic nitrogens is 1. The summed E-state index contributed by atoms with van der Waals surface area (Å²) in [6, 6.07) is 11.2. The van der Waals surface area contributed by atoms with Crippen molar-refractivity contribution in [1.82, 2.24) is 10.3 Å². The Balaban J connectivity index is 2.49. The largest absolute Gasteiger partial charge is 0.309 e. The fourth-order valence-electron chi connectivity index (χ4n) is 2.68. The molecule has 1 aromatic carbocycles. The third-order valence-electron chi connectivity index (χ3n) is 3.46. The molecular formula is C17H22N2. The van der Waals surface area contributed by atoms with Crippen LogP contribution in [0.4, 0.5) is 0 Å². The average molecular weight is 254 g/mol. The van der Waals surface area contributed by atoms with Gasteiger partial charge in [-0.2, -0.15) is 0 Å². The molecule has 100 valence electrons. The van der Waals surface area contributed by atoms with Gasteiger partial charge in [0.05, 0.1) is 6.04 Å². The molecule has 1 unspecified atom stereocenters. The summed E-state index contributed by atoms with van der Waals surface area (Å²) in [4.78, 5) is 4.45. The number of aryl methyl sites for hydroxylation is 4. The van der Waals surface area contributed by atoms with Gasteiger partial charge < -0.3 is 5.32 Å². The molecule has 2 aromatic rings. The quantitative estimate of drug-likeness (QED) is 0.905. The predicted octanol–water partition coefficient (Wildman–Crippen LogP) is 3.62. The smallest absolute Gasteiger partial charge is 0.0578 e. The number of nitrogens with zero attached hydrogens (tertiary/aromatic N) is 1. The molecule has 0 amide bonds. The maximum Gasteiger partial charge on any atom is 0.0578 e. The standard InChI is InChI=1S/C17H22N2/c1-11-6-7-16(12(2)8-11)17(18-5)15-9-13(3)19-14(4)10-15/h6-10,17-18H,1-5H3. The van der Waals surface area contributed by atoms with Crippen LogP contribution in [0.5, 0.6) is 0 Å². The average Bonchev–Trinajstić information content (AvgIpc) is 2.31. The van der Waals surface area contributed by atoms with E-state index in [2.05, 4.69) is 54.5 Å². The third-order valence-corrected chi connectivity index (χ3v) is 3.46. The second-order valence-corrected chi connectivity index (χ2v) is 5.26. The summed E-state index contributed by atoms with van der Waals surface area (Å²) in [7, 11) is 2.01. The van der Waals surface area contributed by atoms with Crippen molar-refractivity contribution >= 4 is 0 Å². The molecule has 19 heavy (non-hydrogen) atoms. The molecule has 0 aliphatic carbocycles. The van der Waals surface area contributed by atoms with Gasteiger partial charge in [0.1, 0.15) is 0 Å². The highest BCUT2D eigenvalue weighted by atomic mass is 14.9. The van der Waals surface area contributed by atoms with Crippen molar-refractivity contribution < 1.29 is 0 Å². The molecule has 1 atom stereocenters. The van der Waals surface area contributed by atoms with Crippen LogP contribution in [0.1, 0.15) is 39.7 Å². The van der Waals surface area contributed by atoms with Crippen LogP contribution in [0.2, 0.25) is 0 Å². The molecule has 0 saturated heterocycles. The van der Waals surface area contributed by atoms with Gasteiger partial charge in [0, 0.05) is 11.4 Å². The molecule has 2 nitrogen and oxygen atoms in total. The first-order valence-corrected chi connectivity index (χ1v) is 6.71. The van der Waals surface area contributed by atoms with Crippen molar-refractivity contribution in [3.63, 3.8) is 0 Å². The number of hydrogen-bond donors (Lipinski definition) is 1. The molecule has 0 aliphatic heterocycles. The zero-order valence-electron chi connectivity index (χ0n) is 12.4. The summed E-state index contributed by atoms with van der Waals surface area (Å²) in [6.45, 7) is 8.40. The molecule has 0 fully saturated rings. The molecule has 0 spiro atoms. The maximum atomic E-state index is 4.45. The number of rotatable bonds is 3. The first kappa shape index (κ1) is 13.8. The van der Waals surface area contributed by atoms with Gasteiger partial charge in [-0.25, -0.2) is 0 Å². The van der Waals surface area contributed by atoms with Gasteiger partial charge in [0.25, 0.3) is 0 Å². The van der Waals surface area contributed by atoms with Gasteiger partial charge in [-0.05, 0) is 63.6 Å². The Morgan fingerprint density at radius 1 is 0.947 bits per heavy atom. The lowest BCUT2D eigenvalue weighted by atomic mass is 9.93. The van der Waals surface area contributed by atoms with Crippen molar-refractivity contribution in [2.24, 2.45) is 0 Å². The van der Waals surface area contributed by atoms with E-state index >= 15 is 0 Å². The van der Waals surface area contributed by atoms with Gasteiger partial charge >= 0.3 is 0 Å². The van der Waals surface area contributed by atoms with Gasteiger partial charge in [0.2, 0.25) is 0 Å². The molecule has 1 N–H and O–H groups in total. The van der Waals surface area contributed by atoms with E-state index < -0.39 is 0 Å². The highest BCUT2D eigenvalue weighted by molar-refractivity contribution is 5.39. The van der Waals surface area contributed by atoms with Gasteiger partial charge in [-0.15, -0.1) is 0 Å². The van der Waals surface area contributed by atoms with Gasteiger partial charge in [-0.3, -0.25) is 4.98 Å². The van der Waals surface area contributed by atoms with E-state index in [-0.39, 0.29) is 6.04 Å². The fourth-order valence-corrected chi connectivity index (χ4v) is 2.68. The van der Waals surface area contributed by atoms with Crippen molar-refractivity contribution in [3.05, 3.63) is 64.0 Å². The van der Waals surface area contributed by atoms with Crippen molar-refractivity contribution in [3.8, 4) is 0 Å². The second kappa shape index (κ2) is 5.54. The first-order chi connectivity index (χ1) is 9.01. The Kier molecular flexibility index (Phi) is 4.01. The van der Waals surface area contributed by atoms with Crippen molar-refractivity contribution in [2.75, 3.05) is 7.05 Å². The SMILES string of the molecule is CNC(c1cc(C)nc(C)c1)c1ccc(C)cc1C. The predicted molar refractivity (Wildman–Crippen MR) is 80.5 cm³/mol. The van der Waals surface area contributed by atoms with Crippen LogP contribution < -0.4 is 5.32 Å². The molecule has 0 bridgehead atoms. The van der Waals surface area contributed by atoms with Crippen LogP contribution in [0.25, 0.3) is 0 Å². The highest BCUT2D eigenvalue weighted by Gasteiger charge is 2.15. The van der Waals surface area contributed by atoms with E-state index in [9.17, 15) is 0 Å². The number of benzene rings is 1. The van der Waals surface area contributed by atoms with E-state index in [0.29, 0.717) is 0 Å².